The third-order valence-electron chi connectivity index (χ3n) is 4.19. The lowest BCUT2D eigenvalue weighted by atomic mass is 10.0. The van der Waals surface area contributed by atoms with Gasteiger partial charge in [0.2, 0.25) is 0 Å². The van der Waals surface area contributed by atoms with Crippen molar-refractivity contribution in [3.8, 4) is 0 Å². The fourth-order valence-electron chi connectivity index (χ4n) is 3.06. The van der Waals surface area contributed by atoms with Gasteiger partial charge in [-0.1, -0.05) is 17.7 Å². The van der Waals surface area contributed by atoms with Crippen LogP contribution >= 0.6 is 35.2 Å². The molecule has 4 rings (SSSR count). The molecule has 4 heterocycles. The molecule has 4 nitrogen and oxygen atoms in total. The summed E-state index contributed by atoms with van der Waals surface area (Å²) in [5, 5.41) is 4.17. The molecule has 0 radical (unpaired) electrons. The first-order valence-corrected chi connectivity index (χ1v) is 9.45. The Bertz CT molecular complexity index is 869. The van der Waals surface area contributed by atoms with Crippen molar-refractivity contribution in [1.29, 1.82) is 0 Å². The second kappa shape index (κ2) is 7.07. The summed E-state index contributed by atoms with van der Waals surface area (Å²) >= 11 is 13.4. The third kappa shape index (κ3) is 3.38. The van der Waals surface area contributed by atoms with Gasteiger partial charge in [-0.25, -0.2) is 0 Å². The number of pyridine rings is 2. The predicted molar refractivity (Wildman–Crippen MR) is 105 cm³/mol. The monoisotopic (exact) mass is 386 g/mol. The summed E-state index contributed by atoms with van der Waals surface area (Å²) < 4.78 is 0.774. The Morgan fingerprint density at radius 2 is 1.96 bits per heavy atom. The SMILES string of the molecule is S=C1NC(c2ccccn2)C(c2ccc(Cl)s2)N1Cc1ccncc1. The zero-order valence-electron chi connectivity index (χ0n) is 13.2. The molecule has 0 aromatic carbocycles. The molecule has 0 saturated carbocycles. The number of thiocarbonyl (C=S) groups is 1. The van der Waals surface area contributed by atoms with Crippen molar-refractivity contribution in [2.45, 2.75) is 18.6 Å². The Morgan fingerprint density at radius 1 is 1.12 bits per heavy atom. The van der Waals surface area contributed by atoms with E-state index in [0.717, 1.165) is 20.7 Å². The van der Waals surface area contributed by atoms with E-state index in [0.29, 0.717) is 6.54 Å². The van der Waals surface area contributed by atoms with Gasteiger partial charge in [-0.2, -0.15) is 0 Å². The summed E-state index contributed by atoms with van der Waals surface area (Å²) in [7, 11) is 0. The summed E-state index contributed by atoms with van der Waals surface area (Å²) in [6.07, 6.45) is 5.41. The van der Waals surface area contributed by atoms with Crippen LogP contribution in [-0.2, 0) is 6.54 Å². The van der Waals surface area contributed by atoms with Crippen LogP contribution in [0.15, 0.2) is 61.1 Å². The largest absolute Gasteiger partial charge is 0.352 e. The molecule has 1 N–H and O–H groups in total. The van der Waals surface area contributed by atoms with Crippen molar-refractivity contribution in [3.63, 3.8) is 0 Å². The molecule has 0 spiro atoms. The third-order valence-corrected chi connectivity index (χ3v) is 5.84. The van der Waals surface area contributed by atoms with E-state index < -0.39 is 0 Å². The van der Waals surface area contributed by atoms with E-state index >= 15 is 0 Å². The quantitative estimate of drug-likeness (QED) is 0.674. The highest BCUT2D eigenvalue weighted by molar-refractivity contribution is 7.80. The van der Waals surface area contributed by atoms with Gasteiger partial charge in [0, 0.05) is 30.0 Å². The lowest BCUT2D eigenvalue weighted by molar-refractivity contribution is 0.315. The zero-order chi connectivity index (χ0) is 17.2. The lowest BCUT2D eigenvalue weighted by Gasteiger charge is -2.26. The van der Waals surface area contributed by atoms with Crippen LogP contribution < -0.4 is 5.32 Å². The van der Waals surface area contributed by atoms with Crippen LogP contribution in [-0.4, -0.2) is 20.0 Å². The number of nitrogens with one attached hydrogen (secondary N) is 1. The van der Waals surface area contributed by atoms with E-state index in [9.17, 15) is 0 Å². The molecule has 2 atom stereocenters. The number of hydrogen-bond acceptors (Lipinski definition) is 4. The van der Waals surface area contributed by atoms with Gasteiger partial charge in [-0.3, -0.25) is 9.97 Å². The first kappa shape index (κ1) is 16.4. The highest BCUT2D eigenvalue weighted by Crippen LogP contribution is 2.42. The molecule has 0 aliphatic carbocycles. The summed E-state index contributed by atoms with van der Waals surface area (Å²) in [6, 6.07) is 14.0. The molecule has 25 heavy (non-hydrogen) atoms. The highest BCUT2D eigenvalue weighted by atomic mass is 35.5. The van der Waals surface area contributed by atoms with E-state index in [1.165, 1.54) is 4.88 Å². The molecule has 1 saturated heterocycles. The normalized spacial score (nSPS) is 19.9. The van der Waals surface area contributed by atoms with E-state index in [-0.39, 0.29) is 12.1 Å². The average molecular weight is 387 g/mol. The van der Waals surface area contributed by atoms with E-state index in [1.54, 1.807) is 23.7 Å². The number of rotatable bonds is 4. The van der Waals surface area contributed by atoms with Gasteiger partial charge >= 0.3 is 0 Å². The standard InChI is InChI=1S/C18H15ClN4S2/c19-15-5-4-14(25-15)17-16(13-3-1-2-8-21-13)22-18(24)23(17)11-12-6-9-20-10-7-12/h1-10,16-17H,11H2,(H,22,24). The van der Waals surface area contributed by atoms with Gasteiger partial charge in [0.1, 0.15) is 0 Å². The average Bonchev–Trinajstić information content (AvgIpc) is 3.20. The molecule has 0 amide bonds. The van der Waals surface area contributed by atoms with E-state index in [1.807, 2.05) is 42.6 Å². The summed E-state index contributed by atoms with van der Waals surface area (Å²) in [6.45, 7) is 0.706. The number of hydrogen-bond donors (Lipinski definition) is 1. The Balaban J connectivity index is 1.72. The minimum atomic E-state index is -0.00902. The van der Waals surface area contributed by atoms with Crippen LogP contribution in [0.4, 0.5) is 0 Å². The topological polar surface area (TPSA) is 41.1 Å². The van der Waals surface area contributed by atoms with Gasteiger partial charge < -0.3 is 10.2 Å². The van der Waals surface area contributed by atoms with Crippen LogP contribution in [0, 0.1) is 0 Å². The fraction of sp³-hybridized carbons (Fsp3) is 0.167. The molecule has 126 valence electrons. The van der Waals surface area contributed by atoms with Crippen molar-refractivity contribution >= 4 is 40.3 Å². The van der Waals surface area contributed by atoms with Crippen LogP contribution in [0.5, 0.6) is 0 Å². The van der Waals surface area contributed by atoms with E-state index in [2.05, 4.69) is 26.3 Å². The molecule has 1 fully saturated rings. The number of aromatic nitrogens is 2. The van der Waals surface area contributed by atoms with Gasteiger partial charge in [0.05, 0.1) is 22.1 Å². The van der Waals surface area contributed by atoms with Crippen LogP contribution in [0.25, 0.3) is 0 Å². The van der Waals surface area contributed by atoms with Crippen molar-refractivity contribution in [2.24, 2.45) is 0 Å². The first-order chi connectivity index (χ1) is 12.2. The molecule has 1 aliphatic rings. The Morgan fingerprint density at radius 3 is 2.64 bits per heavy atom. The number of thiophene rings is 1. The second-order valence-electron chi connectivity index (χ2n) is 5.75. The second-order valence-corrected chi connectivity index (χ2v) is 7.89. The number of halogens is 1. The van der Waals surface area contributed by atoms with Gasteiger partial charge in [-0.15, -0.1) is 11.3 Å². The Kier molecular flexibility index (Phi) is 4.65. The van der Waals surface area contributed by atoms with Crippen molar-refractivity contribution < 1.29 is 0 Å². The molecule has 1 aliphatic heterocycles. The molecular weight excluding hydrogens is 372 g/mol. The molecule has 3 aromatic heterocycles. The minimum Gasteiger partial charge on any atom is -0.352 e. The molecule has 0 bridgehead atoms. The van der Waals surface area contributed by atoms with Gasteiger partial charge in [0.25, 0.3) is 0 Å². The molecule has 2 unspecified atom stereocenters. The van der Waals surface area contributed by atoms with Gasteiger partial charge in [-0.05, 0) is 54.2 Å². The Hall–Kier alpha value is -2.02. The summed E-state index contributed by atoms with van der Waals surface area (Å²) in [5.41, 5.74) is 2.13. The maximum atomic E-state index is 6.20. The van der Waals surface area contributed by atoms with Gasteiger partial charge in [0.15, 0.2) is 5.11 Å². The zero-order valence-corrected chi connectivity index (χ0v) is 15.6. The molecule has 7 heteroatoms. The summed E-state index contributed by atoms with van der Waals surface area (Å²) in [5.74, 6) is 0. The highest BCUT2D eigenvalue weighted by Gasteiger charge is 2.40. The van der Waals surface area contributed by atoms with Crippen LogP contribution in [0.3, 0.4) is 0 Å². The van der Waals surface area contributed by atoms with Crippen LogP contribution in [0.1, 0.15) is 28.2 Å². The number of nitrogens with zero attached hydrogens (tertiary/aromatic N) is 3. The lowest BCUT2D eigenvalue weighted by Crippen LogP contribution is -2.28. The van der Waals surface area contributed by atoms with Crippen molar-refractivity contribution in [3.05, 3.63) is 81.5 Å². The minimum absolute atomic E-state index is 0.00902. The smallest absolute Gasteiger partial charge is 0.170 e. The van der Waals surface area contributed by atoms with E-state index in [4.69, 9.17) is 23.8 Å². The first-order valence-electron chi connectivity index (χ1n) is 7.84. The van der Waals surface area contributed by atoms with Crippen molar-refractivity contribution in [1.82, 2.24) is 20.2 Å². The van der Waals surface area contributed by atoms with Crippen LogP contribution in [0.2, 0.25) is 4.34 Å². The Labute approximate surface area is 160 Å². The van der Waals surface area contributed by atoms with Crippen molar-refractivity contribution in [2.75, 3.05) is 0 Å². The molecular formula is C18H15ClN4S2. The summed E-state index contributed by atoms with van der Waals surface area (Å²) in [4.78, 5) is 12.0. The maximum absolute atomic E-state index is 6.20. The maximum Gasteiger partial charge on any atom is 0.170 e. The molecule has 3 aromatic rings. The predicted octanol–water partition coefficient (Wildman–Crippen LogP) is 4.36. The fourth-order valence-corrected chi connectivity index (χ4v) is 4.57.